The highest BCUT2D eigenvalue weighted by Crippen LogP contribution is 2.34. The lowest BCUT2D eigenvalue weighted by Gasteiger charge is -2.27. The van der Waals surface area contributed by atoms with Gasteiger partial charge in [0.15, 0.2) is 0 Å². The zero-order chi connectivity index (χ0) is 15.6. The number of hydrogen-bond donors (Lipinski definition) is 2. The van der Waals surface area contributed by atoms with E-state index in [-0.39, 0.29) is 10.9 Å². The van der Waals surface area contributed by atoms with Gasteiger partial charge in [0.2, 0.25) is 0 Å². The molecular weight excluding hydrogens is 297 g/mol. The number of rotatable bonds is 4. The van der Waals surface area contributed by atoms with E-state index in [0.717, 1.165) is 18.6 Å². The van der Waals surface area contributed by atoms with Crippen molar-refractivity contribution < 1.29 is 24.2 Å². The van der Waals surface area contributed by atoms with E-state index in [2.05, 4.69) is 0 Å². The molecule has 1 amide bonds. The second kappa shape index (κ2) is 6.34. The molecule has 1 aromatic carbocycles. The van der Waals surface area contributed by atoms with Crippen LogP contribution >= 0.6 is 11.8 Å². The summed E-state index contributed by atoms with van der Waals surface area (Å²) in [6, 6.07) is 2.17. The van der Waals surface area contributed by atoms with Crippen molar-refractivity contribution in [3.05, 3.63) is 29.6 Å². The van der Waals surface area contributed by atoms with Crippen molar-refractivity contribution in [2.75, 3.05) is 5.75 Å². The fourth-order valence-corrected chi connectivity index (χ4v) is 3.83. The summed E-state index contributed by atoms with van der Waals surface area (Å²) in [5, 5.41) is 18.7. The number of phenols is 1. The third-order valence-corrected chi connectivity index (χ3v) is 4.69. The Morgan fingerprint density at radius 1 is 1.48 bits per heavy atom. The first-order valence-corrected chi connectivity index (χ1v) is 7.66. The number of nitrogens with zero attached hydrogens (tertiary/aromatic N) is 1. The Bertz CT molecular complexity index is 566. The number of aromatic hydroxyl groups is 1. The number of thioether (sulfide) groups is 1. The van der Waals surface area contributed by atoms with E-state index in [9.17, 15) is 24.2 Å². The molecule has 1 aliphatic heterocycles. The molecule has 2 rings (SSSR count). The Hall–Kier alpha value is -1.76. The summed E-state index contributed by atoms with van der Waals surface area (Å²) in [5.74, 6) is -2.47. The molecule has 1 aromatic rings. The Balaban J connectivity index is 2.34. The van der Waals surface area contributed by atoms with Gasteiger partial charge in [0.25, 0.3) is 5.91 Å². The first kappa shape index (κ1) is 15.6. The van der Waals surface area contributed by atoms with Crippen molar-refractivity contribution in [1.82, 2.24) is 4.90 Å². The van der Waals surface area contributed by atoms with Gasteiger partial charge in [-0.3, -0.25) is 4.79 Å². The molecule has 0 radical (unpaired) electrons. The summed E-state index contributed by atoms with van der Waals surface area (Å²) in [6.07, 6.45) is 1.48. The smallest absolute Gasteiger partial charge is 0.327 e. The van der Waals surface area contributed by atoms with Gasteiger partial charge in [0.1, 0.15) is 17.6 Å². The van der Waals surface area contributed by atoms with Gasteiger partial charge in [0.05, 0.1) is 10.9 Å². The minimum absolute atomic E-state index is 0.0775. The van der Waals surface area contributed by atoms with Crippen LogP contribution in [0.1, 0.15) is 30.1 Å². The first-order chi connectivity index (χ1) is 9.95. The summed E-state index contributed by atoms with van der Waals surface area (Å²) in [5.41, 5.74) is -0.0775. The number of carboxylic acid groups (broad SMARTS) is 1. The van der Waals surface area contributed by atoms with Crippen LogP contribution in [0, 0.1) is 5.82 Å². The lowest BCUT2D eigenvalue weighted by atomic mass is 10.1. The average Bonchev–Trinajstić information content (AvgIpc) is 2.82. The van der Waals surface area contributed by atoms with Gasteiger partial charge in [-0.1, -0.05) is 13.3 Å². The number of phenolic OH excluding ortho intramolecular Hbond substituents is 1. The molecule has 21 heavy (non-hydrogen) atoms. The number of carboxylic acids is 1. The molecule has 2 atom stereocenters. The van der Waals surface area contributed by atoms with Crippen molar-refractivity contribution in [1.29, 1.82) is 0 Å². The average molecular weight is 313 g/mol. The molecule has 0 aliphatic carbocycles. The van der Waals surface area contributed by atoms with Crippen LogP contribution in [0.2, 0.25) is 0 Å². The van der Waals surface area contributed by atoms with Crippen LogP contribution in [0.25, 0.3) is 0 Å². The van der Waals surface area contributed by atoms with Gasteiger partial charge < -0.3 is 15.1 Å². The highest BCUT2D eigenvalue weighted by Gasteiger charge is 2.42. The lowest BCUT2D eigenvalue weighted by molar-refractivity contribution is -0.141. The number of carbonyl (C=O) groups is 2. The summed E-state index contributed by atoms with van der Waals surface area (Å²) in [6.45, 7) is 1.95. The van der Waals surface area contributed by atoms with E-state index < -0.39 is 29.5 Å². The SMILES string of the molecule is CCCC1SCC(C(=O)O)N1C(=O)c1ccc(F)cc1O. The van der Waals surface area contributed by atoms with Gasteiger partial charge in [-0.25, -0.2) is 9.18 Å². The van der Waals surface area contributed by atoms with E-state index >= 15 is 0 Å². The van der Waals surface area contributed by atoms with Crippen molar-refractivity contribution in [3.63, 3.8) is 0 Å². The summed E-state index contributed by atoms with van der Waals surface area (Å²) in [4.78, 5) is 25.1. The van der Waals surface area contributed by atoms with Crippen LogP contribution < -0.4 is 0 Å². The predicted molar refractivity (Wildman–Crippen MR) is 76.8 cm³/mol. The van der Waals surface area contributed by atoms with E-state index in [1.807, 2.05) is 6.92 Å². The standard InChI is InChI=1S/C14H16FNO4S/c1-2-3-12-16(10(7-21-12)14(19)20)13(18)9-5-4-8(15)6-11(9)17/h4-6,10,12,17H,2-3,7H2,1H3,(H,19,20). The maximum Gasteiger partial charge on any atom is 0.327 e. The minimum atomic E-state index is -1.07. The highest BCUT2D eigenvalue weighted by atomic mass is 32.2. The summed E-state index contributed by atoms with van der Waals surface area (Å²) < 4.78 is 13.0. The van der Waals surface area contributed by atoms with Crippen LogP contribution in [0.3, 0.4) is 0 Å². The Morgan fingerprint density at radius 3 is 2.76 bits per heavy atom. The molecular formula is C14H16FNO4S. The Labute approximate surface area is 125 Å². The van der Waals surface area contributed by atoms with Crippen molar-refractivity contribution in [2.45, 2.75) is 31.2 Å². The number of hydrogen-bond acceptors (Lipinski definition) is 4. The molecule has 7 heteroatoms. The molecule has 5 nitrogen and oxygen atoms in total. The molecule has 2 N–H and O–H groups in total. The molecule has 1 fully saturated rings. The second-order valence-electron chi connectivity index (χ2n) is 4.80. The van der Waals surface area contributed by atoms with Gasteiger partial charge in [0, 0.05) is 11.8 Å². The normalized spacial score (nSPS) is 21.5. The van der Waals surface area contributed by atoms with Crippen LogP contribution in [0.5, 0.6) is 5.75 Å². The number of aliphatic carboxylic acids is 1. The molecule has 0 bridgehead atoms. The summed E-state index contributed by atoms with van der Waals surface area (Å²) >= 11 is 1.41. The highest BCUT2D eigenvalue weighted by molar-refractivity contribution is 8.00. The molecule has 1 heterocycles. The largest absolute Gasteiger partial charge is 0.507 e. The Morgan fingerprint density at radius 2 is 2.19 bits per heavy atom. The van der Waals surface area contributed by atoms with Crippen LogP contribution in [0.4, 0.5) is 4.39 Å². The lowest BCUT2D eigenvalue weighted by Crippen LogP contribution is -2.45. The molecule has 0 saturated carbocycles. The van der Waals surface area contributed by atoms with Gasteiger partial charge >= 0.3 is 5.97 Å². The molecule has 0 spiro atoms. The molecule has 1 aliphatic rings. The zero-order valence-corrected chi connectivity index (χ0v) is 12.3. The number of amides is 1. The van der Waals surface area contributed by atoms with E-state index in [4.69, 9.17) is 0 Å². The van der Waals surface area contributed by atoms with Crippen molar-refractivity contribution >= 4 is 23.6 Å². The zero-order valence-electron chi connectivity index (χ0n) is 11.5. The van der Waals surface area contributed by atoms with Crippen LogP contribution in [0.15, 0.2) is 18.2 Å². The van der Waals surface area contributed by atoms with Gasteiger partial charge in [-0.15, -0.1) is 11.8 Å². The van der Waals surface area contributed by atoms with E-state index in [1.54, 1.807) is 0 Å². The Kier molecular flexibility index (Phi) is 4.72. The number of halogens is 1. The topological polar surface area (TPSA) is 77.8 Å². The maximum atomic E-state index is 13.0. The summed E-state index contributed by atoms with van der Waals surface area (Å²) in [7, 11) is 0. The van der Waals surface area contributed by atoms with Crippen LogP contribution in [-0.4, -0.2) is 44.2 Å². The maximum absolute atomic E-state index is 13.0. The quantitative estimate of drug-likeness (QED) is 0.892. The van der Waals surface area contributed by atoms with E-state index in [1.165, 1.54) is 22.7 Å². The number of benzene rings is 1. The molecule has 114 valence electrons. The van der Waals surface area contributed by atoms with Crippen molar-refractivity contribution in [3.8, 4) is 5.75 Å². The number of carbonyl (C=O) groups excluding carboxylic acids is 1. The minimum Gasteiger partial charge on any atom is -0.507 e. The van der Waals surface area contributed by atoms with Gasteiger partial charge in [-0.2, -0.15) is 0 Å². The molecule has 1 saturated heterocycles. The fourth-order valence-electron chi connectivity index (χ4n) is 2.32. The first-order valence-electron chi connectivity index (χ1n) is 6.61. The second-order valence-corrected chi connectivity index (χ2v) is 6.02. The fraction of sp³-hybridized carbons (Fsp3) is 0.429. The molecule has 0 aromatic heterocycles. The van der Waals surface area contributed by atoms with Crippen molar-refractivity contribution in [2.24, 2.45) is 0 Å². The van der Waals surface area contributed by atoms with Gasteiger partial charge in [-0.05, 0) is 18.6 Å². The molecule has 2 unspecified atom stereocenters. The predicted octanol–water partition coefficient (Wildman–Crippen LogP) is 2.30. The third kappa shape index (κ3) is 3.12. The van der Waals surface area contributed by atoms with Crippen LogP contribution in [-0.2, 0) is 4.79 Å². The third-order valence-electron chi connectivity index (χ3n) is 3.34. The monoisotopic (exact) mass is 313 g/mol. The van der Waals surface area contributed by atoms with E-state index in [0.29, 0.717) is 12.2 Å².